The molecule has 3 heterocycles. The van der Waals surface area contributed by atoms with Crippen molar-refractivity contribution in [2.45, 2.75) is 19.9 Å². The van der Waals surface area contributed by atoms with Crippen LogP contribution in [-0.4, -0.2) is 85.3 Å². The number of carbonyl (C=O) groups is 2. The summed E-state index contributed by atoms with van der Waals surface area (Å²) in [5.74, 6) is -0.692. The number of carbonyl (C=O) groups excluding carboxylic acids is 2. The van der Waals surface area contributed by atoms with Gasteiger partial charge in [-0.15, -0.1) is 4.68 Å². The second-order valence-electron chi connectivity index (χ2n) is 10.1. The van der Waals surface area contributed by atoms with Crippen molar-refractivity contribution < 1.29 is 19.3 Å². The average Bonchev–Trinajstić information content (AvgIpc) is 3.29. The van der Waals surface area contributed by atoms with Crippen LogP contribution in [0.15, 0.2) is 42.5 Å². The van der Waals surface area contributed by atoms with Crippen LogP contribution in [-0.2, 0) is 11.3 Å². The molecular formula is C28H32N6O4. The van der Waals surface area contributed by atoms with Gasteiger partial charge in [-0.25, -0.2) is 0 Å². The Labute approximate surface area is 221 Å². The summed E-state index contributed by atoms with van der Waals surface area (Å²) >= 11 is 0. The van der Waals surface area contributed by atoms with Crippen LogP contribution >= 0.6 is 0 Å². The maximum atomic E-state index is 13.1. The Morgan fingerprint density at radius 3 is 2.34 bits per heavy atom. The second kappa shape index (κ2) is 10.2. The summed E-state index contributed by atoms with van der Waals surface area (Å²) in [6.07, 6.45) is 0.680. The molecule has 0 saturated carbocycles. The van der Waals surface area contributed by atoms with Crippen LogP contribution in [0.5, 0.6) is 0 Å². The highest BCUT2D eigenvalue weighted by atomic mass is 16.5. The molecule has 2 aromatic carbocycles. The van der Waals surface area contributed by atoms with Crippen molar-refractivity contribution in [1.82, 2.24) is 14.7 Å². The number of ether oxygens (including phenoxy) is 1. The zero-order chi connectivity index (χ0) is 26.2. The monoisotopic (exact) mass is 516 g/mol. The van der Waals surface area contributed by atoms with Gasteiger partial charge in [-0.3, -0.25) is 14.5 Å². The third-order valence-corrected chi connectivity index (χ3v) is 7.85. The Balaban J connectivity index is 1.06. The molecule has 198 valence electrons. The third-order valence-electron chi connectivity index (χ3n) is 7.85. The molecule has 1 aliphatic carbocycles. The Hall–Kier alpha value is -3.76. The quantitative estimate of drug-likeness (QED) is 0.282. The molecule has 2 saturated heterocycles. The zero-order valence-corrected chi connectivity index (χ0v) is 21.6. The zero-order valence-electron chi connectivity index (χ0n) is 21.6. The lowest BCUT2D eigenvalue weighted by molar-refractivity contribution is -0.749. The van der Waals surface area contributed by atoms with Gasteiger partial charge in [0.05, 0.1) is 19.8 Å². The van der Waals surface area contributed by atoms with Gasteiger partial charge in [-0.2, -0.15) is 0 Å². The number of hydrogen-bond acceptors (Lipinski definition) is 8. The lowest BCUT2D eigenvalue weighted by atomic mass is 9.90. The van der Waals surface area contributed by atoms with Gasteiger partial charge < -0.3 is 19.7 Å². The standard InChI is InChI=1S/C28H32N6O4/c1-20-7-8-21(19-24(20)32-15-17-38-18-16-32)31-13-11-30(12-14-31)9-4-10-33-26-25(29-34(33)37)27(35)22-5-2-3-6-23(22)28(26)36/h2-3,5-8,19H,4,9-18H2,1H3. The molecule has 0 amide bonds. The Morgan fingerprint density at radius 1 is 0.895 bits per heavy atom. The Bertz CT molecular complexity index is 1370. The van der Waals surface area contributed by atoms with Crippen molar-refractivity contribution in [1.29, 1.82) is 0 Å². The molecule has 1 aromatic heterocycles. The van der Waals surface area contributed by atoms with Crippen LogP contribution in [0.2, 0.25) is 0 Å². The minimum absolute atomic E-state index is 0.0492. The van der Waals surface area contributed by atoms with Gasteiger partial charge >= 0.3 is 0 Å². The van der Waals surface area contributed by atoms with Crippen molar-refractivity contribution in [2.24, 2.45) is 0 Å². The van der Waals surface area contributed by atoms with Crippen molar-refractivity contribution in [3.8, 4) is 0 Å². The molecule has 0 radical (unpaired) electrons. The van der Waals surface area contributed by atoms with E-state index >= 15 is 0 Å². The van der Waals surface area contributed by atoms with E-state index in [9.17, 15) is 14.8 Å². The molecule has 0 spiro atoms. The highest BCUT2D eigenvalue weighted by Crippen LogP contribution is 2.28. The number of aromatic nitrogens is 3. The molecule has 10 heteroatoms. The molecule has 3 aliphatic rings. The number of piperazine rings is 1. The molecule has 0 N–H and O–H groups in total. The van der Waals surface area contributed by atoms with Gasteiger partial charge in [0.15, 0.2) is 5.69 Å². The maximum Gasteiger partial charge on any atom is 0.220 e. The van der Waals surface area contributed by atoms with E-state index in [-0.39, 0.29) is 23.0 Å². The van der Waals surface area contributed by atoms with Gasteiger partial charge in [0, 0.05) is 78.4 Å². The highest BCUT2D eigenvalue weighted by Gasteiger charge is 2.39. The number of morpholine rings is 1. The first-order chi connectivity index (χ1) is 18.5. The molecular weight excluding hydrogens is 484 g/mol. The van der Waals surface area contributed by atoms with Gasteiger partial charge in [-0.05, 0) is 31.0 Å². The van der Waals surface area contributed by atoms with Gasteiger partial charge in [0.1, 0.15) is 0 Å². The molecule has 10 nitrogen and oxygen atoms in total. The van der Waals surface area contributed by atoms with Crippen LogP contribution in [0, 0.1) is 12.1 Å². The van der Waals surface area contributed by atoms with E-state index in [0.717, 1.165) is 59.0 Å². The van der Waals surface area contributed by atoms with Gasteiger partial charge in [-0.1, -0.05) is 30.3 Å². The van der Waals surface area contributed by atoms with E-state index in [1.54, 1.807) is 24.3 Å². The summed E-state index contributed by atoms with van der Waals surface area (Å²) < 4.78 is 6.83. The molecule has 6 rings (SSSR count). The minimum Gasteiger partial charge on any atom is -0.571 e. The average molecular weight is 517 g/mol. The molecule has 38 heavy (non-hydrogen) atoms. The van der Waals surface area contributed by atoms with E-state index in [1.807, 2.05) is 0 Å². The third kappa shape index (κ3) is 4.43. The lowest BCUT2D eigenvalue weighted by Crippen LogP contribution is -2.47. The predicted octanol–water partition coefficient (Wildman–Crippen LogP) is 1.65. The van der Waals surface area contributed by atoms with Crippen molar-refractivity contribution >= 4 is 22.9 Å². The number of fused-ring (bicyclic) bond motifs is 2. The van der Waals surface area contributed by atoms with Crippen LogP contribution < -0.4 is 14.8 Å². The van der Waals surface area contributed by atoms with Crippen molar-refractivity contribution in [2.75, 3.05) is 68.8 Å². The number of nitrogens with zero attached hydrogens (tertiary/aromatic N) is 6. The summed E-state index contributed by atoms with van der Waals surface area (Å²) in [6, 6.07) is 13.4. The van der Waals surface area contributed by atoms with Crippen molar-refractivity contribution in [3.05, 3.63) is 75.8 Å². The Morgan fingerprint density at radius 2 is 1.61 bits per heavy atom. The lowest BCUT2D eigenvalue weighted by Gasteiger charge is -2.37. The normalized spacial score (nSPS) is 18.0. The van der Waals surface area contributed by atoms with Crippen LogP contribution in [0.4, 0.5) is 11.4 Å². The summed E-state index contributed by atoms with van der Waals surface area (Å²) in [5.41, 5.74) is 4.51. The van der Waals surface area contributed by atoms with E-state index in [0.29, 0.717) is 29.1 Å². The number of benzene rings is 2. The van der Waals surface area contributed by atoms with Gasteiger partial charge in [0.25, 0.3) is 0 Å². The number of anilines is 2. The summed E-state index contributed by atoms with van der Waals surface area (Å²) in [5, 5.41) is 16.4. The smallest absolute Gasteiger partial charge is 0.220 e. The molecule has 2 fully saturated rings. The topological polar surface area (TPSA) is 97.8 Å². The SMILES string of the molecule is Cc1ccc(N2CCN(CCCn3c4c(n[n+]3[O-])C(=O)c3ccccc3C4=O)CC2)cc1N1CCOCC1. The summed E-state index contributed by atoms with van der Waals surface area (Å²) in [6.45, 7) is 10.4. The fraction of sp³-hybridized carbons (Fsp3) is 0.429. The highest BCUT2D eigenvalue weighted by molar-refractivity contribution is 6.26. The molecule has 0 atom stereocenters. The predicted molar refractivity (Wildman–Crippen MR) is 142 cm³/mol. The fourth-order valence-corrected chi connectivity index (χ4v) is 5.72. The van der Waals surface area contributed by atoms with Crippen LogP contribution in [0.25, 0.3) is 0 Å². The fourth-order valence-electron chi connectivity index (χ4n) is 5.72. The molecule has 0 bridgehead atoms. The van der Waals surface area contributed by atoms with E-state index in [2.05, 4.69) is 44.9 Å². The summed E-state index contributed by atoms with van der Waals surface area (Å²) in [7, 11) is 0. The van der Waals surface area contributed by atoms with Crippen molar-refractivity contribution in [3.63, 3.8) is 0 Å². The number of ketones is 2. The number of aryl methyl sites for hydroxylation is 1. The first kappa shape index (κ1) is 24.6. The van der Waals surface area contributed by atoms with Crippen LogP contribution in [0.1, 0.15) is 44.1 Å². The molecule has 3 aromatic rings. The maximum absolute atomic E-state index is 13.1. The minimum atomic E-state index is -0.373. The second-order valence-corrected chi connectivity index (χ2v) is 10.1. The first-order valence-electron chi connectivity index (χ1n) is 13.3. The first-order valence-corrected chi connectivity index (χ1v) is 13.3. The molecule has 2 aliphatic heterocycles. The van der Waals surface area contributed by atoms with E-state index in [4.69, 9.17) is 4.74 Å². The number of rotatable bonds is 6. The Kier molecular flexibility index (Phi) is 6.59. The largest absolute Gasteiger partial charge is 0.571 e. The van der Waals surface area contributed by atoms with E-state index < -0.39 is 0 Å². The summed E-state index contributed by atoms with van der Waals surface area (Å²) in [4.78, 5) is 33.5. The van der Waals surface area contributed by atoms with Crippen LogP contribution in [0.3, 0.4) is 0 Å². The van der Waals surface area contributed by atoms with Gasteiger partial charge in [0.2, 0.25) is 17.3 Å². The number of hydrogen-bond donors (Lipinski definition) is 0. The molecule has 0 unspecified atom stereocenters. The van der Waals surface area contributed by atoms with E-state index in [1.165, 1.54) is 21.6 Å².